The number of aliphatic carboxylic acids is 1. The van der Waals surface area contributed by atoms with Gasteiger partial charge in [0.2, 0.25) is 0 Å². The Morgan fingerprint density at radius 2 is 1.84 bits per heavy atom. The SMILES string of the molecule is CC(C)CCCC(C)NC(=O)NC1(C(=O)O)CCC1. The third-order valence-electron chi connectivity index (χ3n) is 3.77. The molecule has 19 heavy (non-hydrogen) atoms. The van der Waals surface area contributed by atoms with Crippen LogP contribution < -0.4 is 10.6 Å². The molecule has 5 nitrogen and oxygen atoms in total. The number of carbonyl (C=O) groups excluding carboxylic acids is 1. The van der Waals surface area contributed by atoms with Crippen molar-refractivity contribution in [1.29, 1.82) is 0 Å². The lowest BCUT2D eigenvalue weighted by Crippen LogP contribution is -2.61. The molecule has 0 bridgehead atoms. The zero-order valence-electron chi connectivity index (χ0n) is 12.2. The maximum atomic E-state index is 11.8. The molecule has 0 radical (unpaired) electrons. The number of amides is 2. The fraction of sp³-hybridized carbons (Fsp3) is 0.857. The molecule has 1 fully saturated rings. The molecule has 0 aromatic heterocycles. The molecular formula is C14H26N2O3. The molecular weight excluding hydrogens is 244 g/mol. The molecule has 5 heteroatoms. The van der Waals surface area contributed by atoms with Gasteiger partial charge in [-0.15, -0.1) is 0 Å². The number of carboxylic acid groups (broad SMARTS) is 1. The Bertz CT molecular complexity index is 325. The van der Waals surface area contributed by atoms with Gasteiger partial charge in [-0.2, -0.15) is 0 Å². The quantitative estimate of drug-likeness (QED) is 0.665. The second-order valence-electron chi connectivity index (χ2n) is 6.07. The first-order chi connectivity index (χ1) is 8.85. The van der Waals surface area contributed by atoms with Crippen LogP contribution in [0.25, 0.3) is 0 Å². The minimum absolute atomic E-state index is 0.0738. The van der Waals surface area contributed by atoms with Gasteiger partial charge < -0.3 is 15.7 Å². The predicted molar refractivity (Wildman–Crippen MR) is 74.0 cm³/mol. The Labute approximate surface area is 115 Å². The molecule has 1 atom stereocenters. The van der Waals surface area contributed by atoms with Crippen LogP contribution in [0.4, 0.5) is 4.79 Å². The molecule has 2 amide bonds. The number of hydrogen-bond donors (Lipinski definition) is 3. The summed E-state index contributed by atoms with van der Waals surface area (Å²) in [4.78, 5) is 22.9. The summed E-state index contributed by atoms with van der Waals surface area (Å²) in [6.45, 7) is 6.31. The zero-order chi connectivity index (χ0) is 14.5. The number of carbonyl (C=O) groups is 2. The molecule has 1 rings (SSSR count). The van der Waals surface area contributed by atoms with Crippen LogP contribution in [-0.2, 0) is 4.79 Å². The van der Waals surface area contributed by atoms with Gasteiger partial charge in [-0.25, -0.2) is 9.59 Å². The van der Waals surface area contributed by atoms with E-state index < -0.39 is 11.5 Å². The molecule has 1 saturated carbocycles. The molecule has 1 aliphatic carbocycles. The Balaban J connectivity index is 2.28. The number of carboxylic acids is 1. The van der Waals surface area contributed by atoms with Gasteiger partial charge in [-0.05, 0) is 38.5 Å². The second-order valence-corrected chi connectivity index (χ2v) is 6.07. The van der Waals surface area contributed by atoms with Gasteiger partial charge in [0.15, 0.2) is 0 Å². The van der Waals surface area contributed by atoms with Crippen molar-refractivity contribution in [2.75, 3.05) is 0 Å². The van der Waals surface area contributed by atoms with Gasteiger partial charge in [0.25, 0.3) is 0 Å². The van der Waals surface area contributed by atoms with Gasteiger partial charge in [0.1, 0.15) is 5.54 Å². The Morgan fingerprint density at radius 1 is 1.21 bits per heavy atom. The molecule has 0 spiro atoms. The summed E-state index contributed by atoms with van der Waals surface area (Å²) in [5.74, 6) is -0.257. The van der Waals surface area contributed by atoms with Crippen molar-refractivity contribution in [2.45, 2.75) is 70.9 Å². The highest BCUT2D eigenvalue weighted by atomic mass is 16.4. The number of hydrogen-bond acceptors (Lipinski definition) is 2. The third kappa shape index (κ3) is 4.73. The van der Waals surface area contributed by atoms with Crippen LogP contribution in [0.3, 0.4) is 0 Å². The van der Waals surface area contributed by atoms with Gasteiger partial charge >= 0.3 is 12.0 Å². The highest BCUT2D eigenvalue weighted by Crippen LogP contribution is 2.31. The van der Waals surface area contributed by atoms with Gasteiger partial charge in [-0.3, -0.25) is 0 Å². The van der Waals surface area contributed by atoms with Crippen LogP contribution in [0.5, 0.6) is 0 Å². The lowest BCUT2D eigenvalue weighted by Gasteiger charge is -2.38. The molecule has 0 aliphatic heterocycles. The van der Waals surface area contributed by atoms with E-state index in [1.54, 1.807) is 0 Å². The number of rotatable bonds is 7. The van der Waals surface area contributed by atoms with Crippen LogP contribution in [0.2, 0.25) is 0 Å². The van der Waals surface area contributed by atoms with Crippen LogP contribution >= 0.6 is 0 Å². The van der Waals surface area contributed by atoms with Crippen LogP contribution in [0.1, 0.15) is 59.3 Å². The van der Waals surface area contributed by atoms with Gasteiger partial charge in [-0.1, -0.05) is 26.7 Å². The van der Waals surface area contributed by atoms with E-state index in [0.29, 0.717) is 18.8 Å². The standard InChI is InChI=1S/C14H26N2O3/c1-10(2)6-4-7-11(3)15-13(19)16-14(12(17)18)8-5-9-14/h10-11H,4-9H2,1-3H3,(H,17,18)(H2,15,16,19). The van der Waals surface area contributed by atoms with Crippen molar-refractivity contribution >= 4 is 12.0 Å². The molecule has 0 aromatic rings. The molecule has 1 unspecified atom stereocenters. The monoisotopic (exact) mass is 270 g/mol. The molecule has 110 valence electrons. The molecule has 3 N–H and O–H groups in total. The van der Waals surface area contributed by atoms with Gasteiger partial charge in [0.05, 0.1) is 0 Å². The fourth-order valence-corrected chi connectivity index (χ4v) is 2.30. The zero-order valence-corrected chi connectivity index (χ0v) is 12.2. The van der Waals surface area contributed by atoms with Gasteiger partial charge in [0, 0.05) is 6.04 Å². The number of nitrogens with one attached hydrogen (secondary N) is 2. The molecule has 1 aliphatic rings. The second kappa shape index (κ2) is 6.78. The van der Waals surface area contributed by atoms with E-state index in [4.69, 9.17) is 5.11 Å². The third-order valence-corrected chi connectivity index (χ3v) is 3.77. The lowest BCUT2D eigenvalue weighted by atomic mass is 9.77. The minimum Gasteiger partial charge on any atom is -0.480 e. The summed E-state index contributed by atoms with van der Waals surface area (Å²) in [7, 11) is 0. The Kier molecular flexibility index (Phi) is 5.63. The maximum absolute atomic E-state index is 11.8. The molecule has 0 saturated heterocycles. The number of urea groups is 1. The van der Waals surface area contributed by atoms with Crippen LogP contribution in [-0.4, -0.2) is 28.7 Å². The molecule has 0 aromatic carbocycles. The average molecular weight is 270 g/mol. The van der Waals surface area contributed by atoms with E-state index in [1.165, 1.54) is 0 Å². The maximum Gasteiger partial charge on any atom is 0.329 e. The normalized spacial score (nSPS) is 18.5. The van der Waals surface area contributed by atoms with E-state index >= 15 is 0 Å². The van der Waals surface area contributed by atoms with E-state index in [-0.39, 0.29) is 12.1 Å². The summed E-state index contributed by atoms with van der Waals surface area (Å²) in [5, 5.41) is 14.6. The first-order valence-corrected chi connectivity index (χ1v) is 7.18. The topological polar surface area (TPSA) is 78.4 Å². The smallest absolute Gasteiger partial charge is 0.329 e. The Morgan fingerprint density at radius 3 is 2.26 bits per heavy atom. The highest BCUT2D eigenvalue weighted by molar-refractivity contribution is 5.87. The summed E-state index contributed by atoms with van der Waals surface area (Å²) < 4.78 is 0. The predicted octanol–water partition coefficient (Wildman–Crippen LogP) is 2.51. The van der Waals surface area contributed by atoms with Crippen molar-refractivity contribution in [3.8, 4) is 0 Å². The van der Waals surface area contributed by atoms with E-state index in [9.17, 15) is 9.59 Å². The molecule has 0 heterocycles. The van der Waals surface area contributed by atoms with Crippen LogP contribution in [0.15, 0.2) is 0 Å². The van der Waals surface area contributed by atoms with Crippen molar-refractivity contribution in [2.24, 2.45) is 5.92 Å². The van der Waals surface area contributed by atoms with E-state index in [1.807, 2.05) is 6.92 Å². The fourth-order valence-electron chi connectivity index (χ4n) is 2.30. The Hall–Kier alpha value is -1.26. The van der Waals surface area contributed by atoms with Crippen LogP contribution in [0, 0.1) is 5.92 Å². The highest BCUT2D eigenvalue weighted by Gasteiger charge is 2.45. The van der Waals surface area contributed by atoms with E-state index in [0.717, 1.165) is 25.7 Å². The summed E-state index contributed by atoms with van der Waals surface area (Å²) >= 11 is 0. The largest absolute Gasteiger partial charge is 0.480 e. The minimum atomic E-state index is -1.03. The summed E-state index contributed by atoms with van der Waals surface area (Å²) in [5.41, 5.74) is -1.03. The van der Waals surface area contributed by atoms with E-state index in [2.05, 4.69) is 24.5 Å². The van der Waals surface area contributed by atoms with Crippen molar-refractivity contribution in [3.05, 3.63) is 0 Å². The van der Waals surface area contributed by atoms with Crippen molar-refractivity contribution in [3.63, 3.8) is 0 Å². The summed E-state index contributed by atoms with van der Waals surface area (Å²) in [6, 6.07) is -0.288. The van der Waals surface area contributed by atoms with Crippen molar-refractivity contribution in [1.82, 2.24) is 10.6 Å². The summed E-state index contributed by atoms with van der Waals surface area (Å²) in [6.07, 6.45) is 5.05. The first-order valence-electron chi connectivity index (χ1n) is 7.18. The first kappa shape index (κ1) is 15.8. The lowest BCUT2D eigenvalue weighted by molar-refractivity contribution is -0.148. The van der Waals surface area contributed by atoms with Crippen molar-refractivity contribution < 1.29 is 14.7 Å². The average Bonchev–Trinajstić information content (AvgIpc) is 2.22.